The maximum Gasteiger partial charge on any atom is 0.327 e. The number of nitrogens with two attached hydrogens (primary N) is 1. The second-order valence-electron chi connectivity index (χ2n) is 9.01. The van der Waals surface area contributed by atoms with Crippen molar-refractivity contribution in [1.82, 2.24) is 34.0 Å². The fourth-order valence-corrected chi connectivity index (χ4v) is 5.53. The summed E-state index contributed by atoms with van der Waals surface area (Å²) in [5, 5.41) is 1.42. The highest BCUT2D eigenvalue weighted by atomic mass is 35.5. The van der Waals surface area contributed by atoms with Crippen LogP contribution >= 0.6 is 23.2 Å². The molecular weight excluding hydrogens is 515 g/mol. The van der Waals surface area contributed by atoms with E-state index in [9.17, 15) is 9.59 Å². The van der Waals surface area contributed by atoms with Gasteiger partial charge in [0.15, 0.2) is 5.65 Å². The number of hydrogen-bond acceptors (Lipinski definition) is 6. The lowest BCUT2D eigenvalue weighted by atomic mass is 10.0. The second-order valence-corrected chi connectivity index (χ2v) is 9.80. The summed E-state index contributed by atoms with van der Waals surface area (Å²) in [5.41, 5.74) is 9.32. The van der Waals surface area contributed by atoms with E-state index in [1.165, 1.54) is 6.33 Å². The van der Waals surface area contributed by atoms with Gasteiger partial charge >= 0.3 is 5.69 Å². The van der Waals surface area contributed by atoms with Gasteiger partial charge in [0, 0.05) is 42.7 Å². The van der Waals surface area contributed by atoms with Gasteiger partial charge in [-0.25, -0.2) is 19.7 Å². The minimum atomic E-state index is -0.179. The summed E-state index contributed by atoms with van der Waals surface area (Å²) in [6.07, 6.45) is 6.17. The third-order valence-electron chi connectivity index (χ3n) is 6.90. The average Bonchev–Trinajstić information content (AvgIpc) is 3.43. The molecule has 10 nitrogen and oxygen atoms in total. The molecule has 1 aromatic carbocycles. The summed E-state index contributed by atoms with van der Waals surface area (Å²) in [4.78, 5) is 43.3. The van der Waals surface area contributed by atoms with Gasteiger partial charge in [-0.15, -0.1) is 0 Å². The monoisotopic (exact) mass is 536 g/mol. The molecule has 6 rings (SSSR count). The lowest BCUT2D eigenvalue weighted by Gasteiger charge is -2.32. The van der Waals surface area contributed by atoms with Gasteiger partial charge < -0.3 is 15.2 Å². The van der Waals surface area contributed by atoms with Gasteiger partial charge in [0.2, 0.25) is 5.91 Å². The first kappa shape index (κ1) is 23.5. The minimum Gasteiger partial charge on any atom is -0.383 e. The number of likely N-dealkylation sites (tertiary alicyclic amines) is 1. The maximum atomic E-state index is 13.3. The molecule has 4 aromatic heterocycles. The Morgan fingerprint density at radius 1 is 1.08 bits per heavy atom. The summed E-state index contributed by atoms with van der Waals surface area (Å²) >= 11 is 12.7. The number of carbonyl (C=O) groups excluding carboxylic acids is 1. The first-order valence-corrected chi connectivity index (χ1v) is 12.5. The number of carbonyl (C=O) groups is 1. The van der Waals surface area contributed by atoms with Crippen LogP contribution in [0.3, 0.4) is 0 Å². The van der Waals surface area contributed by atoms with Crippen LogP contribution < -0.4 is 11.4 Å². The largest absolute Gasteiger partial charge is 0.383 e. The standard InChI is InChI=1S/C25H22Cl2N8O2/c26-17-4-1-3-15(21(17)27)16-11-34(24-20(16)22(28)30-13-31-24)12-19(36)33-9-6-14(7-10-33)35-18-5-2-8-29-23(18)32-25(35)37/h1-5,8,11,13-14H,6-7,9-10,12H2,(H2,28,30,31)(H,29,32,37). The molecule has 1 saturated heterocycles. The van der Waals surface area contributed by atoms with E-state index in [0.717, 1.165) is 5.52 Å². The van der Waals surface area contributed by atoms with Crippen LogP contribution in [-0.4, -0.2) is 53.0 Å². The van der Waals surface area contributed by atoms with Crippen molar-refractivity contribution in [1.29, 1.82) is 0 Å². The number of imidazole rings is 1. The normalized spacial score (nSPS) is 14.6. The van der Waals surface area contributed by atoms with Crippen LogP contribution in [0.15, 0.2) is 53.8 Å². The number of benzene rings is 1. The molecule has 1 aliphatic rings. The number of halogens is 2. The zero-order chi connectivity index (χ0) is 25.7. The van der Waals surface area contributed by atoms with Gasteiger partial charge in [-0.1, -0.05) is 35.3 Å². The Kier molecular flexibility index (Phi) is 5.85. The van der Waals surface area contributed by atoms with Gasteiger partial charge in [0.25, 0.3) is 0 Å². The number of pyridine rings is 1. The van der Waals surface area contributed by atoms with E-state index in [1.54, 1.807) is 27.5 Å². The van der Waals surface area contributed by atoms with Crippen molar-refractivity contribution in [2.24, 2.45) is 0 Å². The number of anilines is 1. The van der Waals surface area contributed by atoms with Crippen LogP contribution in [0.2, 0.25) is 10.0 Å². The molecule has 0 spiro atoms. The van der Waals surface area contributed by atoms with E-state index in [1.807, 2.05) is 29.3 Å². The number of nitrogen functional groups attached to an aromatic ring is 1. The van der Waals surface area contributed by atoms with Crippen LogP contribution in [0.1, 0.15) is 18.9 Å². The van der Waals surface area contributed by atoms with Crippen LogP contribution in [0.25, 0.3) is 33.3 Å². The zero-order valence-corrected chi connectivity index (χ0v) is 21.1. The topological polar surface area (TPSA) is 128 Å². The molecule has 0 atom stereocenters. The number of H-pyrrole nitrogens is 1. The minimum absolute atomic E-state index is 0.00831. The number of aromatic nitrogens is 6. The predicted octanol–water partition coefficient (Wildman–Crippen LogP) is 3.89. The Hall–Kier alpha value is -3.89. The highest BCUT2D eigenvalue weighted by Gasteiger charge is 2.27. The molecule has 188 valence electrons. The number of amides is 1. The summed E-state index contributed by atoms with van der Waals surface area (Å²) in [6, 6.07) is 9.04. The fourth-order valence-electron chi connectivity index (χ4n) is 5.12. The average molecular weight is 537 g/mol. The molecule has 0 radical (unpaired) electrons. The van der Waals surface area contributed by atoms with E-state index in [2.05, 4.69) is 19.9 Å². The molecule has 1 amide bonds. The summed E-state index contributed by atoms with van der Waals surface area (Å²) in [5.74, 6) is 0.242. The van der Waals surface area contributed by atoms with Crippen molar-refractivity contribution < 1.29 is 4.79 Å². The summed E-state index contributed by atoms with van der Waals surface area (Å²) < 4.78 is 3.52. The Bertz CT molecular complexity index is 1720. The Morgan fingerprint density at radius 2 is 1.89 bits per heavy atom. The highest BCUT2D eigenvalue weighted by molar-refractivity contribution is 6.44. The van der Waals surface area contributed by atoms with E-state index >= 15 is 0 Å². The predicted molar refractivity (Wildman–Crippen MR) is 143 cm³/mol. The number of nitrogens with one attached hydrogen (secondary N) is 1. The molecule has 1 fully saturated rings. The second kappa shape index (κ2) is 9.20. The van der Waals surface area contributed by atoms with E-state index in [-0.39, 0.29) is 24.2 Å². The maximum absolute atomic E-state index is 13.3. The summed E-state index contributed by atoms with van der Waals surface area (Å²) in [7, 11) is 0. The van der Waals surface area contributed by atoms with Crippen LogP contribution in [0.4, 0.5) is 5.82 Å². The van der Waals surface area contributed by atoms with Crippen LogP contribution in [0.5, 0.6) is 0 Å². The van der Waals surface area contributed by atoms with Crippen molar-refractivity contribution in [2.45, 2.75) is 25.4 Å². The van der Waals surface area contributed by atoms with Crippen molar-refractivity contribution in [3.05, 3.63) is 69.6 Å². The van der Waals surface area contributed by atoms with Gasteiger partial charge in [0.05, 0.1) is 20.9 Å². The number of fused-ring (bicyclic) bond motifs is 2. The number of rotatable bonds is 4. The molecule has 1 aliphatic heterocycles. The molecule has 0 bridgehead atoms. The molecule has 5 aromatic rings. The van der Waals surface area contributed by atoms with Crippen molar-refractivity contribution >= 4 is 57.1 Å². The van der Waals surface area contributed by atoms with E-state index < -0.39 is 0 Å². The van der Waals surface area contributed by atoms with Crippen molar-refractivity contribution in [2.75, 3.05) is 18.8 Å². The highest BCUT2D eigenvalue weighted by Crippen LogP contribution is 2.39. The SMILES string of the molecule is Nc1ncnc2c1c(-c1cccc(Cl)c1Cl)cn2CC(=O)N1CCC(n2c(=O)[nH]c3ncccc32)CC1. The smallest absolute Gasteiger partial charge is 0.327 e. The molecule has 0 unspecified atom stereocenters. The van der Waals surface area contributed by atoms with Gasteiger partial charge in [0.1, 0.15) is 24.3 Å². The van der Waals surface area contributed by atoms with Crippen molar-refractivity contribution in [3.63, 3.8) is 0 Å². The van der Waals surface area contributed by atoms with Gasteiger partial charge in [-0.2, -0.15) is 0 Å². The molecular formula is C25H22Cl2N8O2. The molecule has 5 heterocycles. The van der Waals surface area contributed by atoms with E-state index in [4.69, 9.17) is 28.9 Å². The first-order chi connectivity index (χ1) is 17.9. The Morgan fingerprint density at radius 3 is 2.70 bits per heavy atom. The molecule has 3 N–H and O–H groups in total. The lowest BCUT2D eigenvalue weighted by molar-refractivity contribution is -0.133. The van der Waals surface area contributed by atoms with Crippen LogP contribution in [-0.2, 0) is 11.3 Å². The first-order valence-electron chi connectivity index (χ1n) is 11.8. The third-order valence-corrected chi connectivity index (χ3v) is 7.72. The number of aromatic amines is 1. The van der Waals surface area contributed by atoms with Gasteiger partial charge in [-0.3, -0.25) is 14.3 Å². The zero-order valence-electron chi connectivity index (χ0n) is 19.6. The lowest BCUT2D eigenvalue weighted by Crippen LogP contribution is -2.41. The fraction of sp³-hybridized carbons (Fsp3) is 0.240. The molecule has 0 aliphatic carbocycles. The summed E-state index contributed by atoms with van der Waals surface area (Å²) in [6.45, 7) is 1.14. The Labute approximate surface area is 220 Å². The molecule has 12 heteroatoms. The van der Waals surface area contributed by atoms with E-state index in [0.29, 0.717) is 69.6 Å². The quantitative estimate of drug-likeness (QED) is 0.358. The number of nitrogens with zero attached hydrogens (tertiary/aromatic N) is 6. The Balaban J connectivity index is 1.25. The van der Waals surface area contributed by atoms with Gasteiger partial charge in [-0.05, 0) is 31.0 Å². The number of piperidine rings is 1. The van der Waals surface area contributed by atoms with Crippen molar-refractivity contribution in [3.8, 4) is 11.1 Å². The van der Waals surface area contributed by atoms with Crippen LogP contribution in [0, 0.1) is 0 Å². The molecule has 0 saturated carbocycles. The molecule has 37 heavy (non-hydrogen) atoms. The number of hydrogen-bond donors (Lipinski definition) is 2. The third kappa shape index (κ3) is 4.02.